The first-order chi connectivity index (χ1) is 7.76. The van der Waals surface area contributed by atoms with E-state index >= 15 is 0 Å². The summed E-state index contributed by atoms with van der Waals surface area (Å²) in [6.45, 7) is 0. The average Bonchev–Trinajstić information content (AvgIpc) is 2.18. The highest BCUT2D eigenvalue weighted by Crippen LogP contribution is 2.34. The Labute approximate surface area is 96.1 Å². The van der Waals surface area contributed by atoms with Gasteiger partial charge in [-0.1, -0.05) is 0 Å². The fraction of sp³-hybridized carbons (Fsp3) is 0.286. The lowest BCUT2D eigenvalue weighted by Crippen LogP contribution is -2.19. The second kappa shape index (κ2) is 4.70. The molecule has 0 radical (unpaired) electrons. The van der Waals surface area contributed by atoms with Crippen molar-refractivity contribution in [3.63, 3.8) is 0 Å². The van der Waals surface area contributed by atoms with Crippen LogP contribution < -0.4 is 4.74 Å². The van der Waals surface area contributed by atoms with E-state index in [0.29, 0.717) is 6.20 Å². The molecule has 1 aromatic rings. The van der Waals surface area contributed by atoms with E-state index in [1.54, 1.807) is 0 Å². The summed E-state index contributed by atoms with van der Waals surface area (Å²) in [5, 5.41) is 10.5. The highest BCUT2D eigenvalue weighted by atomic mass is 35.5. The molecule has 5 nitrogen and oxygen atoms in total. The molecule has 0 bridgehead atoms. The van der Waals surface area contributed by atoms with Crippen LogP contribution in [-0.4, -0.2) is 16.3 Å². The molecule has 0 aromatic carbocycles. The lowest BCUT2D eigenvalue weighted by molar-refractivity contribution is -0.386. The fourth-order valence-electron chi connectivity index (χ4n) is 1.00. The van der Waals surface area contributed by atoms with E-state index in [9.17, 15) is 27.7 Å². The first-order valence-electron chi connectivity index (χ1n) is 3.89. The second-order valence-corrected chi connectivity index (χ2v) is 2.95. The average molecular weight is 275 g/mol. The minimum atomic E-state index is -5.20. The summed E-state index contributed by atoms with van der Waals surface area (Å²) in [6, 6.07) is 0. The molecule has 0 fully saturated rings. The summed E-state index contributed by atoms with van der Waals surface area (Å²) < 4.78 is 52.1. The SMILES string of the molecule is O=[N+]([O-])c1cnc(F)c(OC(F)(F)F)c1CCl. The van der Waals surface area contributed by atoms with Crippen molar-refractivity contribution in [3.05, 3.63) is 27.8 Å². The number of nitro groups is 1. The van der Waals surface area contributed by atoms with Gasteiger partial charge in [0.15, 0.2) is 5.75 Å². The number of nitrogens with zero attached hydrogens (tertiary/aromatic N) is 2. The molecule has 10 heteroatoms. The molecule has 94 valence electrons. The van der Waals surface area contributed by atoms with Gasteiger partial charge in [-0.2, -0.15) is 4.39 Å². The third-order valence-electron chi connectivity index (χ3n) is 1.62. The molecule has 1 heterocycles. The number of aromatic nitrogens is 1. The minimum absolute atomic E-state index is 0.469. The van der Waals surface area contributed by atoms with Crippen LogP contribution in [-0.2, 0) is 5.88 Å². The van der Waals surface area contributed by atoms with Crippen LogP contribution in [0.25, 0.3) is 0 Å². The Kier molecular flexibility index (Phi) is 3.71. The molecule has 0 unspecified atom stereocenters. The van der Waals surface area contributed by atoms with E-state index in [1.807, 2.05) is 0 Å². The number of alkyl halides is 4. The molecule has 0 atom stereocenters. The molecule has 17 heavy (non-hydrogen) atoms. The molecular weight excluding hydrogens is 272 g/mol. The maximum atomic E-state index is 13.0. The zero-order valence-corrected chi connectivity index (χ0v) is 8.55. The van der Waals surface area contributed by atoms with Crippen molar-refractivity contribution >= 4 is 17.3 Å². The third-order valence-corrected chi connectivity index (χ3v) is 1.89. The van der Waals surface area contributed by atoms with Crippen molar-refractivity contribution in [3.8, 4) is 5.75 Å². The minimum Gasteiger partial charge on any atom is -0.400 e. The highest BCUT2D eigenvalue weighted by Gasteiger charge is 2.36. The van der Waals surface area contributed by atoms with Crippen LogP contribution in [0.4, 0.5) is 23.2 Å². The van der Waals surface area contributed by atoms with E-state index in [1.165, 1.54) is 0 Å². The Hall–Kier alpha value is -1.64. The normalized spacial score (nSPS) is 11.4. The molecule has 0 saturated carbocycles. The van der Waals surface area contributed by atoms with Crippen molar-refractivity contribution in [2.24, 2.45) is 0 Å². The summed E-state index contributed by atoms with van der Waals surface area (Å²) in [5.74, 6) is -3.73. The number of pyridine rings is 1. The summed E-state index contributed by atoms with van der Waals surface area (Å²) in [5.41, 5.74) is -1.57. The van der Waals surface area contributed by atoms with Gasteiger partial charge in [-0.3, -0.25) is 10.1 Å². The number of ether oxygens (including phenoxy) is 1. The van der Waals surface area contributed by atoms with Gasteiger partial charge in [0.25, 0.3) is 11.6 Å². The maximum absolute atomic E-state index is 13.0. The summed E-state index contributed by atoms with van der Waals surface area (Å²) in [6.07, 6.45) is -4.73. The van der Waals surface area contributed by atoms with Gasteiger partial charge >= 0.3 is 6.36 Å². The van der Waals surface area contributed by atoms with Crippen molar-refractivity contribution in [2.45, 2.75) is 12.2 Å². The molecule has 0 aliphatic carbocycles. The molecule has 0 saturated heterocycles. The Bertz CT molecular complexity index is 451. The smallest absolute Gasteiger partial charge is 0.400 e. The van der Waals surface area contributed by atoms with E-state index in [2.05, 4.69) is 9.72 Å². The number of halogens is 5. The van der Waals surface area contributed by atoms with Gasteiger partial charge in [0.1, 0.15) is 6.20 Å². The molecule has 0 N–H and O–H groups in total. The molecule has 0 spiro atoms. The predicted molar refractivity (Wildman–Crippen MR) is 47.1 cm³/mol. The highest BCUT2D eigenvalue weighted by molar-refractivity contribution is 6.17. The van der Waals surface area contributed by atoms with Crippen LogP contribution in [0.15, 0.2) is 6.20 Å². The standard InChI is InChI=1S/C7H3ClF4N2O3/c8-1-3-4(14(15)16)2-13-6(9)5(3)17-7(10,11)12/h2H,1H2. The zero-order chi connectivity index (χ0) is 13.2. The first kappa shape index (κ1) is 13.4. The molecular formula is C7H3ClF4N2O3. The van der Waals surface area contributed by atoms with Gasteiger partial charge in [-0.15, -0.1) is 24.8 Å². The lowest BCUT2D eigenvalue weighted by atomic mass is 10.2. The maximum Gasteiger partial charge on any atom is 0.573 e. The fourth-order valence-corrected chi connectivity index (χ4v) is 1.26. The number of hydrogen-bond acceptors (Lipinski definition) is 4. The van der Waals surface area contributed by atoms with Crippen LogP contribution in [0.1, 0.15) is 5.56 Å². The van der Waals surface area contributed by atoms with Gasteiger partial charge < -0.3 is 4.74 Å². The first-order valence-corrected chi connectivity index (χ1v) is 4.43. The molecule has 0 aliphatic heterocycles. The Balaban J connectivity index is 3.35. The quantitative estimate of drug-likeness (QED) is 0.279. The number of hydrogen-bond donors (Lipinski definition) is 0. The van der Waals surface area contributed by atoms with E-state index in [0.717, 1.165) is 0 Å². The zero-order valence-electron chi connectivity index (χ0n) is 7.79. The Morgan fingerprint density at radius 3 is 2.53 bits per heavy atom. The largest absolute Gasteiger partial charge is 0.573 e. The summed E-state index contributed by atoms with van der Waals surface area (Å²) in [7, 11) is 0. The van der Waals surface area contributed by atoms with Crippen LogP contribution >= 0.6 is 11.6 Å². The predicted octanol–water partition coefficient (Wildman–Crippen LogP) is 2.77. The second-order valence-electron chi connectivity index (χ2n) is 2.68. The van der Waals surface area contributed by atoms with Gasteiger partial charge in [0.05, 0.1) is 16.4 Å². The van der Waals surface area contributed by atoms with E-state index < -0.39 is 40.1 Å². The Morgan fingerprint density at radius 2 is 2.12 bits per heavy atom. The van der Waals surface area contributed by atoms with Crippen LogP contribution in [0.2, 0.25) is 0 Å². The van der Waals surface area contributed by atoms with Gasteiger partial charge in [-0.25, -0.2) is 4.98 Å². The van der Waals surface area contributed by atoms with Crippen molar-refractivity contribution < 1.29 is 27.2 Å². The van der Waals surface area contributed by atoms with Gasteiger partial charge in [0, 0.05) is 0 Å². The number of rotatable bonds is 3. The topological polar surface area (TPSA) is 65.3 Å². The van der Waals surface area contributed by atoms with Gasteiger partial charge in [0.2, 0.25) is 0 Å². The van der Waals surface area contributed by atoms with Gasteiger partial charge in [-0.05, 0) is 0 Å². The van der Waals surface area contributed by atoms with E-state index in [4.69, 9.17) is 11.6 Å². The van der Waals surface area contributed by atoms with Crippen molar-refractivity contribution in [1.29, 1.82) is 0 Å². The molecule has 0 amide bonds. The van der Waals surface area contributed by atoms with Crippen LogP contribution in [0.5, 0.6) is 5.75 Å². The molecule has 0 aliphatic rings. The van der Waals surface area contributed by atoms with Crippen molar-refractivity contribution in [1.82, 2.24) is 4.98 Å². The van der Waals surface area contributed by atoms with E-state index in [-0.39, 0.29) is 0 Å². The van der Waals surface area contributed by atoms with Crippen LogP contribution in [0.3, 0.4) is 0 Å². The van der Waals surface area contributed by atoms with Crippen molar-refractivity contribution in [2.75, 3.05) is 0 Å². The molecule has 1 rings (SSSR count). The Morgan fingerprint density at radius 1 is 1.53 bits per heavy atom. The molecule has 1 aromatic heterocycles. The van der Waals surface area contributed by atoms with Crippen LogP contribution in [0, 0.1) is 16.1 Å². The lowest BCUT2D eigenvalue weighted by Gasteiger charge is -2.11. The summed E-state index contributed by atoms with van der Waals surface area (Å²) >= 11 is 5.24. The summed E-state index contributed by atoms with van der Waals surface area (Å²) in [4.78, 5) is 12.2. The monoisotopic (exact) mass is 274 g/mol. The third kappa shape index (κ3) is 3.16.